The van der Waals surface area contributed by atoms with E-state index in [1.165, 1.54) is 19.3 Å². The molecule has 1 saturated carbocycles. The van der Waals surface area contributed by atoms with Gasteiger partial charge in [0.15, 0.2) is 0 Å². The topological polar surface area (TPSA) is 56.7 Å². The molecule has 0 saturated heterocycles. The molecule has 4 heteroatoms. The van der Waals surface area contributed by atoms with Crippen LogP contribution in [0.15, 0.2) is 30.9 Å². The Morgan fingerprint density at radius 1 is 1.24 bits per heavy atom. The van der Waals surface area contributed by atoms with Crippen LogP contribution in [0.5, 0.6) is 0 Å². The van der Waals surface area contributed by atoms with Crippen LogP contribution >= 0.6 is 0 Å². The van der Waals surface area contributed by atoms with Crippen molar-refractivity contribution in [2.24, 2.45) is 0 Å². The summed E-state index contributed by atoms with van der Waals surface area (Å²) in [6.07, 6.45) is 11.2. The predicted molar refractivity (Wildman–Crippen MR) is 67.4 cm³/mol. The molecular formula is C13H16N4. The lowest BCUT2D eigenvalue weighted by molar-refractivity contribution is 0.149. The maximum atomic E-state index is 5.74. The fourth-order valence-electron chi connectivity index (χ4n) is 2.30. The van der Waals surface area contributed by atoms with Gasteiger partial charge >= 0.3 is 0 Å². The minimum Gasteiger partial charge on any atom is -0.397 e. The van der Waals surface area contributed by atoms with Crippen molar-refractivity contribution in [3.8, 4) is 11.1 Å². The minimum atomic E-state index is 0.214. The highest BCUT2D eigenvalue weighted by Crippen LogP contribution is 2.38. The SMILES string of the molecule is CC1(n2cc(-c3cncc(N)c3)cn2)CCC1. The molecule has 3 rings (SSSR count). The van der Waals surface area contributed by atoms with E-state index in [2.05, 4.69) is 27.9 Å². The fraction of sp³-hybridized carbons (Fsp3) is 0.385. The van der Waals surface area contributed by atoms with E-state index in [4.69, 9.17) is 5.73 Å². The smallest absolute Gasteiger partial charge is 0.0599 e. The summed E-state index contributed by atoms with van der Waals surface area (Å²) in [5, 5.41) is 4.46. The monoisotopic (exact) mass is 228 g/mol. The van der Waals surface area contributed by atoms with Gasteiger partial charge in [-0.05, 0) is 32.3 Å². The second-order valence-electron chi connectivity index (χ2n) is 5.03. The Morgan fingerprint density at radius 3 is 2.71 bits per heavy atom. The van der Waals surface area contributed by atoms with Crippen LogP contribution in [0.2, 0.25) is 0 Å². The van der Waals surface area contributed by atoms with E-state index in [-0.39, 0.29) is 5.54 Å². The van der Waals surface area contributed by atoms with Gasteiger partial charge in [-0.25, -0.2) is 0 Å². The van der Waals surface area contributed by atoms with Gasteiger partial charge in [-0.2, -0.15) is 5.10 Å². The second-order valence-corrected chi connectivity index (χ2v) is 5.03. The molecule has 1 aliphatic rings. The van der Waals surface area contributed by atoms with Crippen molar-refractivity contribution < 1.29 is 0 Å². The van der Waals surface area contributed by atoms with Crippen LogP contribution in [0.25, 0.3) is 11.1 Å². The van der Waals surface area contributed by atoms with Crippen LogP contribution < -0.4 is 5.73 Å². The summed E-state index contributed by atoms with van der Waals surface area (Å²) in [4.78, 5) is 4.10. The summed E-state index contributed by atoms with van der Waals surface area (Å²) >= 11 is 0. The lowest BCUT2D eigenvalue weighted by Gasteiger charge is -2.38. The number of nitrogens with zero attached hydrogens (tertiary/aromatic N) is 3. The summed E-state index contributed by atoms with van der Waals surface area (Å²) in [6.45, 7) is 2.25. The van der Waals surface area contributed by atoms with Crippen molar-refractivity contribution in [1.29, 1.82) is 0 Å². The predicted octanol–water partition coefficient (Wildman–Crippen LogP) is 2.43. The summed E-state index contributed by atoms with van der Waals surface area (Å²) in [7, 11) is 0. The summed E-state index contributed by atoms with van der Waals surface area (Å²) < 4.78 is 2.08. The van der Waals surface area contributed by atoms with Gasteiger partial charge in [0, 0.05) is 29.7 Å². The summed E-state index contributed by atoms with van der Waals surface area (Å²) in [6, 6.07) is 1.93. The van der Waals surface area contributed by atoms with Crippen molar-refractivity contribution >= 4 is 5.69 Å². The Hall–Kier alpha value is -1.84. The van der Waals surface area contributed by atoms with Gasteiger partial charge in [-0.15, -0.1) is 0 Å². The molecule has 0 radical (unpaired) electrons. The number of hydrogen-bond acceptors (Lipinski definition) is 3. The number of nitrogen functional groups attached to an aromatic ring is 1. The molecule has 0 amide bonds. The van der Waals surface area contributed by atoms with Crippen molar-refractivity contribution in [3.05, 3.63) is 30.9 Å². The molecule has 0 unspecified atom stereocenters. The molecule has 1 aliphatic carbocycles. The van der Waals surface area contributed by atoms with Gasteiger partial charge in [0.05, 0.1) is 17.4 Å². The lowest BCUT2D eigenvalue weighted by atomic mass is 9.79. The van der Waals surface area contributed by atoms with Gasteiger partial charge < -0.3 is 5.73 Å². The molecule has 2 heterocycles. The Kier molecular flexibility index (Phi) is 2.18. The zero-order valence-electron chi connectivity index (χ0n) is 9.93. The number of pyridine rings is 1. The third-order valence-electron chi connectivity index (χ3n) is 3.66. The lowest BCUT2D eigenvalue weighted by Crippen LogP contribution is -2.37. The molecule has 17 heavy (non-hydrogen) atoms. The van der Waals surface area contributed by atoms with Crippen molar-refractivity contribution in [3.63, 3.8) is 0 Å². The van der Waals surface area contributed by atoms with E-state index in [0.717, 1.165) is 11.1 Å². The number of aromatic nitrogens is 3. The average Bonchev–Trinajstić information content (AvgIpc) is 2.75. The first-order chi connectivity index (χ1) is 8.17. The number of anilines is 1. The highest BCUT2D eigenvalue weighted by molar-refractivity contribution is 5.64. The first kappa shape index (κ1) is 10.3. The Morgan fingerprint density at radius 2 is 2.06 bits per heavy atom. The molecule has 2 aromatic rings. The molecule has 4 nitrogen and oxygen atoms in total. The highest BCUT2D eigenvalue weighted by atomic mass is 15.3. The molecule has 0 bridgehead atoms. The average molecular weight is 228 g/mol. The molecule has 2 N–H and O–H groups in total. The summed E-state index contributed by atoms with van der Waals surface area (Å²) in [5.41, 5.74) is 8.74. The minimum absolute atomic E-state index is 0.214. The number of rotatable bonds is 2. The molecule has 0 aromatic carbocycles. The highest BCUT2D eigenvalue weighted by Gasteiger charge is 2.34. The van der Waals surface area contributed by atoms with Gasteiger partial charge in [0.1, 0.15) is 0 Å². The molecule has 0 atom stereocenters. The molecule has 2 aromatic heterocycles. The van der Waals surface area contributed by atoms with Crippen LogP contribution in [0, 0.1) is 0 Å². The van der Waals surface area contributed by atoms with Crippen molar-refractivity contribution in [1.82, 2.24) is 14.8 Å². The van der Waals surface area contributed by atoms with Crippen LogP contribution in [0.1, 0.15) is 26.2 Å². The van der Waals surface area contributed by atoms with E-state index in [9.17, 15) is 0 Å². The number of hydrogen-bond donors (Lipinski definition) is 1. The quantitative estimate of drug-likeness (QED) is 0.858. The van der Waals surface area contributed by atoms with E-state index >= 15 is 0 Å². The van der Waals surface area contributed by atoms with E-state index in [1.807, 2.05) is 18.5 Å². The molecular weight excluding hydrogens is 212 g/mol. The van der Waals surface area contributed by atoms with E-state index < -0.39 is 0 Å². The summed E-state index contributed by atoms with van der Waals surface area (Å²) in [5.74, 6) is 0. The zero-order valence-corrected chi connectivity index (χ0v) is 9.93. The Labute approximate surface area is 100 Å². The van der Waals surface area contributed by atoms with Gasteiger partial charge in [-0.1, -0.05) is 0 Å². The largest absolute Gasteiger partial charge is 0.397 e. The van der Waals surface area contributed by atoms with Gasteiger partial charge in [-0.3, -0.25) is 9.67 Å². The Bertz CT molecular complexity index is 540. The van der Waals surface area contributed by atoms with Gasteiger partial charge in [0.2, 0.25) is 0 Å². The molecule has 0 spiro atoms. The molecule has 88 valence electrons. The molecule has 1 fully saturated rings. The fourth-order valence-corrected chi connectivity index (χ4v) is 2.30. The van der Waals surface area contributed by atoms with E-state index in [0.29, 0.717) is 5.69 Å². The standard InChI is InChI=1S/C13H16N4/c1-13(3-2-4-13)17-9-11(7-16-17)10-5-12(14)8-15-6-10/h5-9H,2-4,14H2,1H3. The van der Waals surface area contributed by atoms with Crippen LogP contribution in [-0.4, -0.2) is 14.8 Å². The van der Waals surface area contributed by atoms with E-state index in [1.54, 1.807) is 6.20 Å². The number of nitrogens with two attached hydrogens (primary N) is 1. The maximum Gasteiger partial charge on any atom is 0.0599 e. The third kappa shape index (κ3) is 1.69. The normalized spacial score (nSPS) is 17.7. The van der Waals surface area contributed by atoms with Crippen LogP contribution in [0.4, 0.5) is 5.69 Å². The van der Waals surface area contributed by atoms with Gasteiger partial charge in [0.25, 0.3) is 0 Å². The molecule has 0 aliphatic heterocycles. The first-order valence-electron chi connectivity index (χ1n) is 5.93. The van der Waals surface area contributed by atoms with Crippen LogP contribution in [-0.2, 0) is 5.54 Å². The second kappa shape index (κ2) is 3.58. The zero-order chi connectivity index (χ0) is 11.9. The maximum absolute atomic E-state index is 5.74. The first-order valence-corrected chi connectivity index (χ1v) is 5.93. The Balaban J connectivity index is 1.95. The third-order valence-corrected chi connectivity index (χ3v) is 3.66. The van der Waals surface area contributed by atoms with Crippen LogP contribution in [0.3, 0.4) is 0 Å². The van der Waals surface area contributed by atoms with Crippen molar-refractivity contribution in [2.75, 3.05) is 5.73 Å². The van der Waals surface area contributed by atoms with Crippen molar-refractivity contribution in [2.45, 2.75) is 31.7 Å².